The van der Waals surface area contributed by atoms with Crippen LogP contribution < -0.4 is 10.6 Å². The zero-order chi connectivity index (χ0) is 21.8. The summed E-state index contributed by atoms with van der Waals surface area (Å²) in [5.41, 5.74) is 0.694. The number of carbonyl (C=O) groups excluding carboxylic acids is 1. The Kier molecular flexibility index (Phi) is 15.3. The van der Waals surface area contributed by atoms with Gasteiger partial charge in [-0.25, -0.2) is 9.78 Å². The molecule has 0 spiro atoms. The molecule has 1 rings (SSSR count). The van der Waals surface area contributed by atoms with E-state index >= 15 is 0 Å². The SMILES string of the molecule is CCNC(=NCC(CCN(C)C)OCC)NC(C)c1nc(C)c(C(=O)OCC)s1.I. The third kappa shape index (κ3) is 10.4. The minimum Gasteiger partial charge on any atom is -0.462 e. The number of halogens is 1. The van der Waals surface area contributed by atoms with E-state index in [-0.39, 0.29) is 42.1 Å². The van der Waals surface area contributed by atoms with E-state index in [9.17, 15) is 4.79 Å². The number of guanidine groups is 1. The number of aliphatic imine (C=N–C) groups is 1. The molecule has 0 amide bonds. The molecule has 8 nitrogen and oxygen atoms in total. The van der Waals surface area contributed by atoms with Crippen molar-refractivity contribution >= 4 is 47.2 Å². The predicted octanol–water partition coefficient (Wildman–Crippen LogP) is 3.22. The van der Waals surface area contributed by atoms with Crippen molar-refractivity contribution in [1.29, 1.82) is 0 Å². The molecule has 30 heavy (non-hydrogen) atoms. The van der Waals surface area contributed by atoms with Crippen LogP contribution >= 0.6 is 35.3 Å². The minimum atomic E-state index is -0.318. The van der Waals surface area contributed by atoms with Gasteiger partial charge >= 0.3 is 5.97 Å². The number of thiazole rings is 1. The summed E-state index contributed by atoms with van der Waals surface area (Å²) in [5.74, 6) is 0.391. The molecule has 0 fully saturated rings. The number of nitrogens with one attached hydrogen (secondary N) is 2. The summed E-state index contributed by atoms with van der Waals surface area (Å²) >= 11 is 1.36. The van der Waals surface area contributed by atoms with Crippen molar-refractivity contribution in [3.63, 3.8) is 0 Å². The molecular formula is C20H38IN5O3S. The highest BCUT2D eigenvalue weighted by Crippen LogP contribution is 2.24. The van der Waals surface area contributed by atoms with E-state index in [4.69, 9.17) is 14.5 Å². The Bertz CT molecular complexity index is 654. The summed E-state index contributed by atoms with van der Waals surface area (Å²) in [6.07, 6.45) is 0.999. The maximum atomic E-state index is 12.0. The van der Waals surface area contributed by atoms with Gasteiger partial charge in [0.2, 0.25) is 0 Å². The Labute approximate surface area is 202 Å². The van der Waals surface area contributed by atoms with Crippen molar-refractivity contribution < 1.29 is 14.3 Å². The first kappa shape index (κ1) is 29.0. The van der Waals surface area contributed by atoms with Crippen LogP contribution in [0.25, 0.3) is 0 Å². The first-order valence-electron chi connectivity index (χ1n) is 10.3. The third-order valence-electron chi connectivity index (χ3n) is 4.10. The van der Waals surface area contributed by atoms with Crippen LogP contribution in [0.15, 0.2) is 4.99 Å². The number of rotatable bonds is 12. The van der Waals surface area contributed by atoms with Crippen LogP contribution in [0.2, 0.25) is 0 Å². The Balaban J connectivity index is 0.00000841. The fourth-order valence-corrected chi connectivity index (χ4v) is 3.60. The summed E-state index contributed by atoms with van der Waals surface area (Å²) in [5, 5.41) is 7.47. The summed E-state index contributed by atoms with van der Waals surface area (Å²) in [6, 6.07) is -0.0907. The van der Waals surface area contributed by atoms with Crippen molar-refractivity contribution in [2.24, 2.45) is 4.99 Å². The van der Waals surface area contributed by atoms with Gasteiger partial charge < -0.3 is 25.0 Å². The average Bonchev–Trinajstić information content (AvgIpc) is 3.06. The molecule has 0 aromatic carbocycles. The topological polar surface area (TPSA) is 88.1 Å². The van der Waals surface area contributed by atoms with Crippen LogP contribution in [-0.2, 0) is 9.47 Å². The van der Waals surface area contributed by atoms with Gasteiger partial charge in [-0.3, -0.25) is 4.99 Å². The standard InChI is InChI=1S/C20H37N5O3S.HI/c1-8-21-20(22-13-16(27-9-2)11-12-25(6)7)24-15(5)18-23-14(4)17(29-18)19(26)28-10-3;/h15-16H,8-13H2,1-7H3,(H2,21,22,24);1H. The molecule has 10 heteroatoms. The number of ether oxygens (including phenoxy) is 2. The van der Waals surface area contributed by atoms with Gasteiger partial charge in [-0.2, -0.15) is 0 Å². The molecule has 1 heterocycles. The van der Waals surface area contributed by atoms with E-state index in [2.05, 4.69) is 34.6 Å². The number of hydrogen-bond acceptors (Lipinski definition) is 7. The van der Waals surface area contributed by atoms with Gasteiger partial charge in [0.25, 0.3) is 0 Å². The Hall–Kier alpha value is -0.980. The van der Waals surface area contributed by atoms with Gasteiger partial charge in [-0.05, 0) is 55.1 Å². The van der Waals surface area contributed by atoms with E-state index in [1.807, 2.05) is 27.7 Å². The largest absolute Gasteiger partial charge is 0.462 e. The molecule has 0 radical (unpaired) electrons. The van der Waals surface area contributed by atoms with E-state index in [0.29, 0.717) is 36.3 Å². The maximum absolute atomic E-state index is 12.0. The summed E-state index contributed by atoms with van der Waals surface area (Å²) < 4.78 is 10.9. The van der Waals surface area contributed by atoms with Crippen molar-refractivity contribution in [3.05, 3.63) is 15.6 Å². The molecule has 2 atom stereocenters. The van der Waals surface area contributed by atoms with Crippen LogP contribution in [0.5, 0.6) is 0 Å². The maximum Gasteiger partial charge on any atom is 0.350 e. The summed E-state index contributed by atoms with van der Waals surface area (Å²) in [4.78, 5) is 24.0. The van der Waals surface area contributed by atoms with Crippen LogP contribution in [-0.4, -0.2) is 74.9 Å². The van der Waals surface area contributed by atoms with E-state index < -0.39 is 0 Å². The van der Waals surface area contributed by atoms with E-state index in [1.54, 1.807) is 6.92 Å². The number of hydrogen-bond donors (Lipinski definition) is 2. The molecule has 0 aliphatic rings. The minimum absolute atomic E-state index is 0. The lowest BCUT2D eigenvalue weighted by atomic mass is 10.2. The number of esters is 1. The van der Waals surface area contributed by atoms with Gasteiger partial charge in [0.1, 0.15) is 9.88 Å². The van der Waals surface area contributed by atoms with Crippen molar-refractivity contribution in [2.75, 3.05) is 46.9 Å². The Morgan fingerprint density at radius 2 is 1.97 bits per heavy atom. The molecule has 1 aromatic heterocycles. The molecule has 0 aliphatic heterocycles. The lowest BCUT2D eigenvalue weighted by molar-refractivity contribution is 0.0530. The molecule has 1 aromatic rings. The van der Waals surface area contributed by atoms with Gasteiger partial charge in [0, 0.05) is 19.7 Å². The normalized spacial score (nSPS) is 13.5. The number of nitrogens with zero attached hydrogens (tertiary/aromatic N) is 3. The molecule has 0 saturated heterocycles. The van der Waals surface area contributed by atoms with Crippen LogP contribution in [0.3, 0.4) is 0 Å². The summed E-state index contributed by atoms with van der Waals surface area (Å²) in [6.45, 7) is 13.0. The monoisotopic (exact) mass is 555 g/mol. The zero-order valence-electron chi connectivity index (χ0n) is 19.3. The summed E-state index contributed by atoms with van der Waals surface area (Å²) in [7, 11) is 4.11. The second-order valence-electron chi connectivity index (χ2n) is 6.94. The highest BCUT2D eigenvalue weighted by molar-refractivity contribution is 14.0. The smallest absolute Gasteiger partial charge is 0.350 e. The number of carbonyl (C=O) groups is 1. The Morgan fingerprint density at radius 3 is 2.53 bits per heavy atom. The third-order valence-corrected chi connectivity index (χ3v) is 5.42. The average molecular weight is 556 g/mol. The molecule has 2 unspecified atom stereocenters. The molecular weight excluding hydrogens is 517 g/mol. The zero-order valence-corrected chi connectivity index (χ0v) is 22.4. The van der Waals surface area contributed by atoms with Gasteiger partial charge in [0.15, 0.2) is 5.96 Å². The second-order valence-corrected chi connectivity index (χ2v) is 7.97. The molecule has 0 saturated carbocycles. The predicted molar refractivity (Wildman–Crippen MR) is 134 cm³/mol. The molecule has 2 N–H and O–H groups in total. The van der Waals surface area contributed by atoms with Crippen molar-refractivity contribution in [3.8, 4) is 0 Å². The fourth-order valence-electron chi connectivity index (χ4n) is 2.63. The van der Waals surface area contributed by atoms with Gasteiger partial charge in [-0.15, -0.1) is 35.3 Å². The van der Waals surface area contributed by atoms with Gasteiger partial charge in [-0.1, -0.05) is 0 Å². The fraction of sp³-hybridized carbons (Fsp3) is 0.750. The highest BCUT2D eigenvalue weighted by Gasteiger charge is 2.20. The van der Waals surface area contributed by atoms with Crippen molar-refractivity contribution in [1.82, 2.24) is 20.5 Å². The van der Waals surface area contributed by atoms with Crippen LogP contribution in [0.4, 0.5) is 0 Å². The van der Waals surface area contributed by atoms with Crippen LogP contribution in [0.1, 0.15) is 60.5 Å². The Morgan fingerprint density at radius 1 is 1.27 bits per heavy atom. The van der Waals surface area contributed by atoms with E-state index in [1.165, 1.54) is 11.3 Å². The van der Waals surface area contributed by atoms with E-state index in [0.717, 1.165) is 24.5 Å². The lowest BCUT2D eigenvalue weighted by Crippen LogP contribution is -2.39. The van der Waals surface area contributed by atoms with Crippen LogP contribution in [0, 0.1) is 6.92 Å². The number of aryl methyl sites for hydroxylation is 1. The first-order chi connectivity index (χ1) is 13.8. The molecule has 0 bridgehead atoms. The van der Waals surface area contributed by atoms with Crippen molar-refractivity contribution in [2.45, 2.75) is 53.2 Å². The van der Waals surface area contributed by atoms with Gasteiger partial charge in [0.05, 0.1) is 31.0 Å². The second kappa shape index (κ2) is 15.8. The molecule has 174 valence electrons. The highest BCUT2D eigenvalue weighted by atomic mass is 127. The molecule has 0 aliphatic carbocycles. The number of aromatic nitrogens is 1. The quantitative estimate of drug-likeness (QED) is 0.177. The first-order valence-corrected chi connectivity index (χ1v) is 11.1. The lowest BCUT2D eigenvalue weighted by Gasteiger charge is -2.20.